The van der Waals surface area contributed by atoms with E-state index in [9.17, 15) is 48.3 Å². The van der Waals surface area contributed by atoms with Gasteiger partial charge in [-0.2, -0.15) is 0 Å². The predicted octanol–water partition coefficient (Wildman–Crippen LogP) is 3.07. The summed E-state index contributed by atoms with van der Waals surface area (Å²) < 4.78 is 29.5. The number of hydrogen-bond acceptors (Lipinski definition) is 15. The fourth-order valence-electron chi connectivity index (χ4n) is 9.64. The highest BCUT2D eigenvalue weighted by Crippen LogP contribution is 2.49. The lowest BCUT2D eigenvalue weighted by Gasteiger charge is -2.42. The molecule has 0 saturated carbocycles. The Labute approximate surface area is 453 Å². The van der Waals surface area contributed by atoms with Crippen molar-refractivity contribution in [3.63, 3.8) is 0 Å². The minimum atomic E-state index is -1.93. The van der Waals surface area contributed by atoms with Crippen molar-refractivity contribution in [3.05, 3.63) is 58.7 Å². The number of rotatable bonds is 20. The Kier molecular flexibility index (Phi) is 21.2. The minimum absolute atomic E-state index is 0.0373. The van der Waals surface area contributed by atoms with Crippen LogP contribution in [0, 0.1) is 11.8 Å². The second-order valence-electron chi connectivity index (χ2n) is 20.6. The highest BCUT2D eigenvalue weighted by Gasteiger charge is 2.64. The van der Waals surface area contributed by atoms with Crippen LogP contribution in [0.4, 0.5) is 15.3 Å². The summed E-state index contributed by atoms with van der Waals surface area (Å²) in [6.07, 6.45) is 3.85. The molecule has 0 aromatic heterocycles. The maximum atomic E-state index is 14.5. The Morgan fingerprint density at radius 3 is 2.35 bits per heavy atom. The van der Waals surface area contributed by atoms with Crippen LogP contribution in [0.1, 0.15) is 98.5 Å². The van der Waals surface area contributed by atoms with Crippen molar-refractivity contribution in [2.24, 2.45) is 17.6 Å². The van der Waals surface area contributed by atoms with Crippen LogP contribution < -0.4 is 36.6 Å². The van der Waals surface area contributed by atoms with Gasteiger partial charge in [-0.15, -0.1) is 0 Å². The second-order valence-corrected chi connectivity index (χ2v) is 21.0. The summed E-state index contributed by atoms with van der Waals surface area (Å²) in [5, 5.41) is 22.5. The van der Waals surface area contributed by atoms with Gasteiger partial charge in [0.25, 0.3) is 11.8 Å². The number of nitrogens with zero attached hydrogens (tertiary/aromatic N) is 3. The predicted molar refractivity (Wildman–Crippen MR) is 281 cm³/mol. The number of epoxide rings is 1. The van der Waals surface area contributed by atoms with Gasteiger partial charge in [-0.3, -0.25) is 39.0 Å². The van der Waals surface area contributed by atoms with Gasteiger partial charge in [0, 0.05) is 65.2 Å². The Balaban J connectivity index is 1.38. The normalized spacial score (nSPS) is 26.7. The summed E-state index contributed by atoms with van der Waals surface area (Å²) >= 11 is 6.84. The molecule has 1 aromatic rings. The standard InChI is InChI=1S/C53H75ClN8O15/c1-29(2)45(58-40(63)19-12-11-13-23-62-41(64)20-21-42(62)65)47(67)57-34(17-15-22-56-50(55)70)48(68)60(7)32(5)49(69)76-39-27-43(66)61(8)35-25-33(26-36(73-9)44(35)54)24-30(3)16-14-18-38(74-10)53(72)28-37(75-51(71)59-53)31(4)46-52(39,6)77-46/h14,16,18,20-21,25-26,29,31-32,34,37-39,45-46,72H,11-13,15,17,19,22-24,27-28H2,1-10H3,(H,57,67)(H,58,63)(H,59,71)(H3,55,56,70)/b18-14+,30-16+/t31?,32-,34-,37?,38?,39?,45-,46?,52?,53?/m0/s1. The van der Waals surface area contributed by atoms with Crippen molar-refractivity contribution in [2.75, 3.05) is 46.3 Å². The van der Waals surface area contributed by atoms with Gasteiger partial charge >= 0.3 is 18.1 Å². The molecule has 0 spiro atoms. The Bertz CT molecular complexity index is 2490. The molecule has 0 radical (unpaired) electrons. The Morgan fingerprint density at radius 1 is 1.03 bits per heavy atom. The number of ether oxygens (including phenoxy) is 5. The van der Waals surface area contributed by atoms with E-state index in [0.717, 1.165) is 20.9 Å². The number of imide groups is 1. The van der Waals surface area contributed by atoms with Crippen LogP contribution in [-0.2, 0) is 58.9 Å². The summed E-state index contributed by atoms with van der Waals surface area (Å²) in [7, 11) is 5.69. The number of methoxy groups -OCH3 is 2. The lowest BCUT2D eigenvalue weighted by atomic mass is 9.83. The molecule has 5 rings (SSSR count). The number of benzene rings is 1. The molecule has 2 fully saturated rings. The van der Waals surface area contributed by atoms with E-state index in [-0.39, 0.29) is 55.6 Å². The van der Waals surface area contributed by atoms with Crippen LogP contribution in [0.5, 0.6) is 5.75 Å². The van der Waals surface area contributed by atoms with Gasteiger partial charge < -0.3 is 60.3 Å². The van der Waals surface area contributed by atoms with E-state index in [0.29, 0.717) is 37.1 Å². The molecule has 424 valence electrons. The lowest BCUT2D eigenvalue weighted by Crippen LogP contribution is -2.63. The van der Waals surface area contributed by atoms with E-state index >= 15 is 0 Å². The number of anilines is 1. The summed E-state index contributed by atoms with van der Waals surface area (Å²) in [5.74, 6) is -4.94. The highest BCUT2D eigenvalue weighted by atomic mass is 35.5. The van der Waals surface area contributed by atoms with Gasteiger partial charge in [0.05, 0.1) is 25.3 Å². The fourth-order valence-corrected chi connectivity index (χ4v) is 9.95. The molecule has 10 atom stereocenters. The number of amides is 9. The van der Waals surface area contributed by atoms with Gasteiger partial charge in [-0.05, 0) is 76.5 Å². The maximum absolute atomic E-state index is 14.5. The molecule has 1 aromatic carbocycles. The van der Waals surface area contributed by atoms with Crippen LogP contribution >= 0.6 is 11.6 Å². The fraction of sp³-hybridized carbons (Fsp3) is 0.604. The smallest absolute Gasteiger partial charge is 0.409 e. The Hall–Kier alpha value is -6.56. The van der Waals surface area contributed by atoms with Gasteiger partial charge in [0.15, 0.2) is 5.72 Å². The highest BCUT2D eigenvalue weighted by molar-refractivity contribution is 6.35. The molecule has 0 aliphatic carbocycles. The maximum Gasteiger partial charge on any atom is 0.409 e. The van der Waals surface area contributed by atoms with Crippen LogP contribution in [0.25, 0.3) is 0 Å². The first-order chi connectivity index (χ1) is 36.2. The molecular weight excluding hydrogens is 1020 g/mol. The van der Waals surface area contributed by atoms with Crippen molar-refractivity contribution in [2.45, 2.75) is 153 Å². The molecule has 9 amide bonds. The van der Waals surface area contributed by atoms with E-state index in [4.69, 9.17) is 41.0 Å². The third-order valence-electron chi connectivity index (χ3n) is 14.5. The molecular formula is C53H75ClN8O15. The van der Waals surface area contributed by atoms with Gasteiger partial charge in [0.1, 0.15) is 52.8 Å². The number of nitrogens with two attached hydrogens (primary N) is 1. The van der Waals surface area contributed by atoms with Crippen LogP contribution in [0.15, 0.2) is 48.1 Å². The average Bonchev–Trinajstić information content (AvgIpc) is 3.98. The first-order valence-corrected chi connectivity index (χ1v) is 26.1. The van der Waals surface area contributed by atoms with Crippen molar-refractivity contribution in [3.8, 4) is 5.75 Å². The number of unbranched alkanes of at least 4 members (excludes halogenated alkanes) is 2. The summed E-state index contributed by atoms with van der Waals surface area (Å²) in [4.78, 5) is 122. The van der Waals surface area contributed by atoms with Crippen molar-refractivity contribution in [1.29, 1.82) is 0 Å². The third-order valence-corrected chi connectivity index (χ3v) is 14.9. The summed E-state index contributed by atoms with van der Waals surface area (Å²) in [5.41, 5.74) is 3.85. The number of carbonyl (C=O) groups excluding carboxylic acids is 9. The summed E-state index contributed by atoms with van der Waals surface area (Å²) in [6.45, 7) is 10.3. The van der Waals surface area contributed by atoms with E-state index in [1.54, 1.807) is 52.0 Å². The zero-order valence-corrected chi connectivity index (χ0v) is 46.2. The zero-order valence-electron chi connectivity index (χ0n) is 45.5. The first kappa shape index (κ1) is 61.3. The van der Waals surface area contributed by atoms with Crippen LogP contribution in [-0.4, -0.2) is 164 Å². The number of nitrogens with one attached hydrogen (secondary N) is 4. The number of aliphatic hydroxyl groups is 1. The van der Waals surface area contributed by atoms with E-state index < -0.39 is 114 Å². The topological polar surface area (TPSA) is 307 Å². The average molecular weight is 1100 g/mol. The minimum Gasteiger partial charge on any atom is -0.495 e. The summed E-state index contributed by atoms with van der Waals surface area (Å²) in [6, 6.07) is -1.05. The number of esters is 1. The molecule has 23 nitrogen and oxygen atoms in total. The number of likely N-dealkylation sites (N-methyl/N-ethyl adjacent to an activating group) is 1. The molecule has 77 heavy (non-hydrogen) atoms. The number of halogens is 1. The van der Waals surface area contributed by atoms with Crippen molar-refractivity contribution < 1.29 is 71.9 Å². The molecule has 4 aliphatic heterocycles. The number of hydrogen-bond donors (Lipinski definition) is 6. The lowest BCUT2D eigenvalue weighted by molar-refractivity contribution is -0.162. The van der Waals surface area contributed by atoms with Crippen LogP contribution in [0.2, 0.25) is 5.02 Å². The molecule has 24 heteroatoms. The third kappa shape index (κ3) is 15.6. The van der Waals surface area contributed by atoms with Gasteiger partial charge in [-0.25, -0.2) is 14.4 Å². The number of urea groups is 1. The monoisotopic (exact) mass is 1100 g/mol. The molecule has 7 unspecified atom stereocenters. The number of primary amides is 1. The van der Waals surface area contributed by atoms with E-state index in [1.807, 2.05) is 13.0 Å². The van der Waals surface area contributed by atoms with Crippen LogP contribution in [0.3, 0.4) is 0 Å². The second kappa shape index (κ2) is 26.7. The van der Waals surface area contributed by atoms with Crippen molar-refractivity contribution >= 4 is 70.8 Å². The molecule has 4 aliphatic rings. The molecule has 4 bridgehead atoms. The van der Waals surface area contributed by atoms with Crippen molar-refractivity contribution in [1.82, 2.24) is 31.1 Å². The van der Waals surface area contributed by atoms with Gasteiger partial charge in [-0.1, -0.05) is 62.6 Å². The molecule has 2 saturated heterocycles. The Morgan fingerprint density at radius 2 is 1.71 bits per heavy atom. The number of allylic oxidation sites excluding steroid dienone is 3. The van der Waals surface area contributed by atoms with E-state index in [1.165, 1.54) is 52.3 Å². The largest absolute Gasteiger partial charge is 0.495 e. The SMILES string of the molecule is COc1cc2cc(c1Cl)N(C)C(=O)CC(OC(=O)[C@H](C)N(C)C(=O)[C@H](CCCNC(N)=O)NC(=O)[C@@H](NC(=O)CCCCCN1C(=O)C=CC1=O)C(C)C)C1(C)OC1C(C)C1CC(O)(NC(=O)O1)C(OC)/C=C/C=C(\C)C2. The number of carbonyl (C=O) groups is 9. The molecule has 7 N–H and O–H groups in total. The van der Waals surface area contributed by atoms with E-state index in [2.05, 4.69) is 21.3 Å². The molecule has 4 heterocycles. The first-order valence-electron chi connectivity index (χ1n) is 25.8. The van der Waals surface area contributed by atoms with Gasteiger partial charge in [0.2, 0.25) is 23.6 Å². The number of fused-ring (bicyclic) bond motifs is 5. The zero-order chi connectivity index (χ0) is 57.1. The number of alkyl carbamates (subject to hydrolysis) is 1. The quantitative estimate of drug-likeness (QED) is 0.0473.